The molecule has 0 bridgehead atoms. The number of carbonyl (C=O) groups excluding carboxylic acids is 1. The van der Waals surface area contributed by atoms with E-state index >= 15 is 0 Å². The van der Waals surface area contributed by atoms with E-state index in [1.807, 2.05) is 0 Å². The molecule has 1 saturated heterocycles. The Labute approximate surface area is 160 Å². The number of amides is 2. The highest BCUT2D eigenvalue weighted by molar-refractivity contribution is 7.89. The van der Waals surface area contributed by atoms with Gasteiger partial charge in [0.15, 0.2) is 0 Å². The van der Waals surface area contributed by atoms with Crippen LogP contribution in [0.4, 0.5) is 19.3 Å². The van der Waals surface area contributed by atoms with Crippen LogP contribution < -0.4 is 10.6 Å². The zero-order chi connectivity index (χ0) is 19.6. The summed E-state index contributed by atoms with van der Waals surface area (Å²) < 4.78 is 54.2. The van der Waals surface area contributed by atoms with Gasteiger partial charge in [0, 0.05) is 11.6 Å². The lowest BCUT2D eigenvalue weighted by Crippen LogP contribution is -2.48. The number of rotatable bonds is 4. The van der Waals surface area contributed by atoms with Crippen LogP contribution in [0.2, 0.25) is 5.02 Å². The molecule has 2 amide bonds. The van der Waals surface area contributed by atoms with Gasteiger partial charge in [-0.05, 0) is 43.2 Å². The highest BCUT2D eigenvalue weighted by Crippen LogP contribution is 2.26. The highest BCUT2D eigenvalue weighted by atomic mass is 35.5. The van der Waals surface area contributed by atoms with Crippen LogP contribution in [-0.2, 0) is 10.0 Å². The first-order chi connectivity index (χ1) is 12.8. The van der Waals surface area contributed by atoms with Crippen molar-refractivity contribution in [1.29, 1.82) is 0 Å². The zero-order valence-electron chi connectivity index (χ0n) is 14.0. The lowest BCUT2D eigenvalue weighted by Gasteiger charge is -2.25. The smallest absolute Gasteiger partial charge is 0.320 e. The Kier molecular flexibility index (Phi) is 5.64. The van der Waals surface area contributed by atoms with Crippen LogP contribution in [0.5, 0.6) is 0 Å². The molecule has 2 aromatic carbocycles. The third-order valence-electron chi connectivity index (χ3n) is 4.10. The number of benzene rings is 2. The standard InChI is InChI=1S/C17H16ClF2N3O3S/c18-11-7-8-14(13(20)10-11)21-17(24)22-16-6-3-9-23(16)27(25,26)15-5-2-1-4-12(15)19/h1-2,4-5,7-8,10,16H,3,6,9H2,(H2,21,22,24)/t16-/m1/s1. The molecule has 1 aliphatic heterocycles. The van der Waals surface area contributed by atoms with E-state index in [0.717, 1.165) is 16.4 Å². The first kappa shape index (κ1) is 19.5. The summed E-state index contributed by atoms with van der Waals surface area (Å²) in [4.78, 5) is 11.7. The quantitative estimate of drug-likeness (QED) is 0.801. The lowest BCUT2D eigenvalue weighted by molar-refractivity contribution is 0.240. The van der Waals surface area contributed by atoms with Crippen molar-refractivity contribution in [2.24, 2.45) is 0 Å². The third-order valence-corrected chi connectivity index (χ3v) is 6.28. The van der Waals surface area contributed by atoms with E-state index in [9.17, 15) is 22.0 Å². The lowest BCUT2D eigenvalue weighted by atomic mass is 10.3. The maximum atomic E-state index is 13.9. The summed E-state index contributed by atoms with van der Waals surface area (Å²) in [5.74, 6) is -1.59. The summed E-state index contributed by atoms with van der Waals surface area (Å²) in [5.41, 5.74) is -0.0987. The van der Waals surface area contributed by atoms with Gasteiger partial charge in [-0.3, -0.25) is 0 Å². The molecule has 0 radical (unpaired) electrons. The summed E-state index contributed by atoms with van der Waals surface area (Å²) in [6, 6.07) is 8.00. The highest BCUT2D eigenvalue weighted by Gasteiger charge is 2.37. The maximum absolute atomic E-state index is 13.9. The van der Waals surface area contributed by atoms with Gasteiger partial charge in [0.1, 0.15) is 16.5 Å². The fourth-order valence-electron chi connectivity index (χ4n) is 2.85. The van der Waals surface area contributed by atoms with Gasteiger partial charge in [0.2, 0.25) is 10.0 Å². The van der Waals surface area contributed by atoms with Crippen LogP contribution in [-0.4, -0.2) is 31.5 Å². The van der Waals surface area contributed by atoms with Gasteiger partial charge in [0.25, 0.3) is 0 Å². The number of urea groups is 1. The molecule has 2 N–H and O–H groups in total. The van der Waals surface area contributed by atoms with Crippen molar-refractivity contribution < 1.29 is 22.0 Å². The monoisotopic (exact) mass is 415 g/mol. The number of sulfonamides is 1. The van der Waals surface area contributed by atoms with Crippen LogP contribution in [0.3, 0.4) is 0 Å². The van der Waals surface area contributed by atoms with E-state index in [4.69, 9.17) is 11.6 Å². The second-order valence-electron chi connectivity index (χ2n) is 5.93. The fraction of sp³-hybridized carbons (Fsp3) is 0.235. The summed E-state index contributed by atoms with van der Waals surface area (Å²) in [6.07, 6.45) is -0.0250. The second kappa shape index (κ2) is 7.79. The number of carbonyl (C=O) groups is 1. The van der Waals surface area contributed by atoms with Gasteiger partial charge in [-0.25, -0.2) is 22.0 Å². The molecule has 3 rings (SSSR count). The molecule has 0 saturated carbocycles. The van der Waals surface area contributed by atoms with Crippen molar-refractivity contribution in [3.63, 3.8) is 0 Å². The Morgan fingerprint density at radius 1 is 1.15 bits per heavy atom. The van der Waals surface area contributed by atoms with E-state index in [1.165, 1.54) is 30.3 Å². The van der Waals surface area contributed by atoms with Crippen LogP contribution >= 0.6 is 11.6 Å². The largest absolute Gasteiger partial charge is 0.321 e. The Balaban J connectivity index is 1.75. The molecule has 0 spiro atoms. The molecule has 27 heavy (non-hydrogen) atoms. The molecular weight excluding hydrogens is 400 g/mol. The topological polar surface area (TPSA) is 78.5 Å². The number of halogens is 3. The molecule has 6 nitrogen and oxygen atoms in total. The maximum Gasteiger partial charge on any atom is 0.320 e. The molecule has 1 fully saturated rings. The molecule has 0 unspecified atom stereocenters. The second-order valence-corrected chi connectivity index (χ2v) is 8.22. The van der Waals surface area contributed by atoms with Crippen LogP contribution in [0.1, 0.15) is 12.8 Å². The van der Waals surface area contributed by atoms with Gasteiger partial charge < -0.3 is 10.6 Å². The van der Waals surface area contributed by atoms with Crippen molar-refractivity contribution in [3.8, 4) is 0 Å². The Bertz CT molecular complexity index is 972. The first-order valence-electron chi connectivity index (χ1n) is 8.08. The van der Waals surface area contributed by atoms with Crippen molar-refractivity contribution in [2.45, 2.75) is 23.9 Å². The number of nitrogens with zero attached hydrogens (tertiary/aromatic N) is 1. The summed E-state index contributed by atoms with van der Waals surface area (Å²) >= 11 is 5.66. The normalized spacial score (nSPS) is 17.7. The van der Waals surface area contributed by atoms with E-state index in [1.54, 1.807) is 0 Å². The predicted molar refractivity (Wildman–Crippen MR) is 96.9 cm³/mol. The van der Waals surface area contributed by atoms with Crippen LogP contribution in [0.25, 0.3) is 0 Å². The summed E-state index contributed by atoms with van der Waals surface area (Å²) in [6.45, 7) is 0.136. The molecule has 10 heteroatoms. The van der Waals surface area contributed by atoms with Crippen molar-refractivity contribution in [2.75, 3.05) is 11.9 Å². The van der Waals surface area contributed by atoms with Crippen molar-refractivity contribution in [3.05, 3.63) is 59.1 Å². The van der Waals surface area contributed by atoms with Gasteiger partial charge in [-0.2, -0.15) is 4.31 Å². The van der Waals surface area contributed by atoms with E-state index < -0.39 is 38.8 Å². The van der Waals surface area contributed by atoms with Gasteiger partial charge in [-0.1, -0.05) is 23.7 Å². The minimum atomic E-state index is -4.13. The molecule has 0 aliphatic carbocycles. The van der Waals surface area contributed by atoms with Crippen LogP contribution in [0.15, 0.2) is 47.4 Å². The fourth-order valence-corrected chi connectivity index (χ4v) is 4.69. The minimum Gasteiger partial charge on any atom is -0.321 e. The van der Waals surface area contributed by atoms with Gasteiger partial charge in [0.05, 0.1) is 11.9 Å². The van der Waals surface area contributed by atoms with Gasteiger partial charge >= 0.3 is 6.03 Å². The minimum absolute atomic E-state index is 0.0987. The molecular formula is C17H16ClF2N3O3S. The van der Waals surface area contributed by atoms with Crippen molar-refractivity contribution in [1.82, 2.24) is 9.62 Å². The third kappa shape index (κ3) is 4.20. The average Bonchev–Trinajstić information content (AvgIpc) is 3.06. The number of hydrogen-bond acceptors (Lipinski definition) is 3. The number of nitrogens with one attached hydrogen (secondary N) is 2. The molecule has 1 aliphatic rings. The number of hydrogen-bond donors (Lipinski definition) is 2. The summed E-state index contributed by atoms with van der Waals surface area (Å²) in [5, 5.41) is 4.97. The molecule has 1 heterocycles. The molecule has 2 aromatic rings. The predicted octanol–water partition coefficient (Wildman–Crippen LogP) is 3.55. The summed E-state index contributed by atoms with van der Waals surface area (Å²) in [7, 11) is -4.13. The van der Waals surface area contributed by atoms with Crippen LogP contribution in [0, 0.1) is 11.6 Å². The Hall–Kier alpha value is -2.23. The van der Waals surface area contributed by atoms with E-state index in [2.05, 4.69) is 10.6 Å². The number of anilines is 1. The molecule has 1 atom stereocenters. The average molecular weight is 416 g/mol. The zero-order valence-corrected chi connectivity index (χ0v) is 15.5. The Morgan fingerprint density at radius 2 is 1.89 bits per heavy atom. The molecule has 144 valence electrons. The van der Waals surface area contributed by atoms with Crippen molar-refractivity contribution >= 4 is 33.3 Å². The molecule has 0 aromatic heterocycles. The SMILES string of the molecule is O=C(Nc1ccc(Cl)cc1F)N[C@H]1CCCN1S(=O)(=O)c1ccccc1F. The van der Waals surface area contributed by atoms with E-state index in [-0.39, 0.29) is 17.3 Å². The first-order valence-corrected chi connectivity index (χ1v) is 9.90. The van der Waals surface area contributed by atoms with Gasteiger partial charge in [-0.15, -0.1) is 0 Å². The van der Waals surface area contributed by atoms with E-state index in [0.29, 0.717) is 12.8 Å². The Morgan fingerprint density at radius 3 is 2.59 bits per heavy atom.